The maximum Gasteiger partial charge on any atom is 0.329 e. The highest BCUT2D eigenvalue weighted by molar-refractivity contribution is 6.31. The molecule has 8 heteroatoms. The number of aromatic nitrogens is 2. The number of carboxylic acids is 1. The largest absolute Gasteiger partial charge is 0.480 e. The Hall–Kier alpha value is -1.76. The molecule has 21 heavy (non-hydrogen) atoms. The van der Waals surface area contributed by atoms with Crippen molar-refractivity contribution in [3.63, 3.8) is 0 Å². The van der Waals surface area contributed by atoms with E-state index in [0.29, 0.717) is 23.0 Å². The van der Waals surface area contributed by atoms with Crippen LogP contribution in [0.25, 0.3) is 0 Å². The molecule has 0 bridgehead atoms. The molecule has 1 heterocycles. The number of rotatable bonds is 6. The molecule has 0 radical (unpaired) electrons. The fourth-order valence-corrected chi connectivity index (χ4v) is 1.99. The zero-order valence-electron chi connectivity index (χ0n) is 12.7. The average molecular weight is 317 g/mol. The number of aliphatic carboxylic acids is 1. The first-order valence-corrected chi connectivity index (χ1v) is 7.14. The first-order valence-electron chi connectivity index (χ1n) is 6.76. The van der Waals surface area contributed by atoms with E-state index in [-0.39, 0.29) is 13.0 Å². The normalized spacial score (nSPS) is 13.6. The highest BCUT2D eigenvalue weighted by Gasteiger charge is 2.32. The lowest BCUT2D eigenvalue weighted by Gasteiger charge is -2.24. The van der Waals surface area contributed by atoms with Gasteiger partial charge in [-0.15, -0.1) is 0 Å². The van der Waals surface area contributed by atoms with Gasteiger partial charge in [-0.3, -0.25) is 4.68 Å². The number of amides is 2. The van der Waals surface area contributed by atoms with Crippen molar-refractivity contribution in [2.45, 2.75) is 52.7 Å². The molecule has 0 aliphatic carbocycles. The highest BCUT2D eigenvalue weighted by Crippen LogP contribution is 2.20. The molecule has 0 saturated carbocycles. The van der Waals surface area contributed by atoms with Crippen LogP contribution in [0.2, 0.25) is 5.02 Å². The molecule has 1 unspecified atom stereocenters. The molecule has 0 aromatic carbocycles. The lowest BCUT2D eigenvalue weighted by atomic mass is 10.00. The first-order chi connectivity index (χ1) is 9.75. The Morgan fingerprint density at radius 3 is 2.52 bits per heavy atom. The molecule has 7 nitrogen and oxygen atoms in total. The summed E-state index contributed by atoms with van der Waals surface area (Å²) in [4.78, 5) is 23.0. The fraction of sp³-hybridized carbons (Fsp3) is 0.615. The third-order valence-electron chi connectivity index (χ3n) is 3.44. The molecule has 1 atom stereocenters. The van der Waals surface area contributed by atoms with E-state index in [4.69, 9.17) is 16.7 Å². The van der Waals surface area contributed by atoms with Crippen LogP contribution < -0.4 is 10.6 Å². The molecule has 0 aliphatic rings. The lowest BCUT2D eigenvalue weighted by molar-refractivity contribution is -0.143. The third kappa shape index (κ3) is 3.87. The number of halogens is 1. The average Bonchev–Trinajstić information content (AvgIpc) is 2.71. The van der Waals surface area contributed by atoms with Crippen molar-refractivity contribution in [2.24, 2.45) is 0 Å². The van der Waals surface area contributed by atoms with Crippen molar-refractivity contribution < 1.29 is 14.7 Å². The van der Waals surface area contributed by atoms with Crippen molar-refractivity contribution >= 4 is 23.6 Å². The highest BCUT2D eigenvalue weighted by atomic mass is 35.5. The van der Waals surface area contributed by atoms with Crippen molar-refractivity contribution in [2.75, 3.05) is 0 Å². The molecular formula is C13H21ClN4O3. The van der Waals surface area contributed by atoms with Crippen LogP contribution in [0.3, 0.4) is 0 Å². The van der Waals surface area contributed by atoms with Crippen LogP contribution in [0.1, 0.15) is 38.6 Å². The number of carbonyl (C=O) groups is 2. The molecule has 1 aromatic heterocycles. The van der Waals surface area contributed by atoms with Gasteiger partial charge in [0.05, 0.1) is 23.0 Å². The van der Waals surface area contributed by atoms with Gasteiger partial charge in [0.25, 0.3) is 0 Å². The Labute approximate surface area is 128 Å². The van der Waals surface area contributed by atoms with E-state index in [1.54, 1.807) is 18.5 Å². The van der Waals surface area contributed by atoms with E-state index >= 15 is 0 Å². The molecule has 0 saturated heterocycles. The summed E-state index contributed by atoms with van der Waals surface area (Å²) in [5.74, 6) is -1.08. The predicted octanol–water partition coefficient (Wildman–Crippen LogP) is 1.92. The summed E-state index contributed by atoms with van der Waals surface area (Å²) >= 11 is 6.14. The van der Waals surface area contributed by atoms with Crippen molar-refractivity contribution in [1.82, 2.24) is 20.4 Å². The summed E-state index contributed by atoms with van der Waals surface area (Å²) in [5.41, 5.74) is 0.0921. The second-order valence-corrected chi connectivity index (χ2v) is 5.34. The Morgan fingerprint density at radius 2 is 2.05 bits per heavy atom. The molecule has 0 fully saturated rings. The summed E-state index contributed by atoms with van der Waals surface area (Å²) in [6, 6.07) is -0.556. The van der Waals surface area contributed by atoms with Gasteiger partial charge < -0.3 is 15.7 Å². The Morgan fingerprint density at radius 1 is 1.43 bits per heavy atom. The number of urea groups is 1. The summed E-state index contributed by atoms with van der Waals surface area (Å²) in [7, 11) is 0. The Kier molecular flexibility index (Phi) is 5.60. The van der Waals surface area contributed by atoms with E-state index in [1.807, 2.05) is 6.92 Å². The van der Waals surface area contributed by atoms with Crippen molar-refractivity contribution in [3.8, 4) is 0 Å². The topological polar surface area (TPSA) is 96.3 Å². The van der Waals surface area contributed by atoms with Crippen LogP contribution in [0, 0.1) is 6.92 Å². The van der Waals surface area contributed by atoms with E-state index in [0.717, 1.165) is 0 Å². The van der Waals surface area contributed by atoms with Gasteiger partial charge in [0.2, 0.25) is 0 Å². The number of nitrogens with zero attached hydrogens (tertiary/aromatic N) is 2. The van der Waals surface area contributed by atoms with Crippen LogP contribution in [0.15, 0.2) is 0 Å². The van der Waals surface area contributed by atoms with Gasteiger partial charge in [0.1, 0.15) is 5.54 Å². The van der Waals surface area contributed by atoms with Crippen molar-refractivity contribution in [1.29, 1.82) is 0 Å². The van der Waals surface area contributed by atoms with Gasteiger partial charge in [-0.05, 0) is 27.2 Å². The molecule has 3 N–H and O–H groups in total. The SMILES string of the molecule is CCn1nc(C)c(Cl)c1CNC(=O)NC(C)(CC)C(=O)O. The minimum atomic E-state index is -1.30. The first kappa shape index (κ1) is 17.3. The molecule has 0 aliphatic heterocycles. The van der Waals surface area contributed by atoms with E-state index in [1.165, 1.54) is 6.92 Å². The number of nitrogens with one attached hydrogen (secondary N) is 2. The summed E-state index contributed by atoms with van der Waals surface area (Å²) in [6.07, 6.45) is 0.280. The van der Waals surface area contributed by atoms with Crippen LogP contribution in [-0.4, -0.2) is 32.4 Å². The standard InChI is InChI=1S/C13H21ClN4O3/c1-5-13(4,11(19)20)16-12(21)15-7-9-10(14)8(3)17-18(9)6-2/h5-7H2,1-4H3,(H,19,20)(H2,15,16,21). The number of aryl methyl sites for hydroxylation is 2. The van der Waals surface area contributed by atoms with Crippen LogP contribution in [-0.2, 0) is 17.9 Å². The molecule has 2 amide bonds. The van der Waals surface area contributed by atoms with Crippen LogP contribution in [0.4, 0.5) is 4.79 Å². The Bertz CT molecular complexity index is 544. The van der Waals surface area contributed by atoms with E-state index in [2.05, 4.69) is 15.7 Å². The maximum atomic E-state index is 11.9. The Balaban J connectivity index is 2.72. The van der Waals surface area contributed by atoms with Gasteiger partial charge in [-0.1, -0.05) is 18.5 Å². The maximum absolute atomic E-state index is 11.9. The molecule has 1 aromatic rings. The minimum absolute atomic E-state index is 0.179. The third-order valence-corrected chi connectivity index (χ3v) is 3.93. The number of hydrogen-bond donors (Lipinski definition) is 3. The molecule has 0 spiro atoms. The van der Waals surface area contributed by atoms with E-state index in [9.17, 15) is 9.59 Å². The van der Waals surface area contributed by atoms with Gasteiger partial charge in [-0.2, -0.15) is 5.10 Å². The molecule has 118 valence electrons. The molecule has 1 rings (SSSR count). The number of carboxylic acid groups (broad SMARTS) is 1. The monoisotopic (exact) mass is 316 g/mol. The van der Waals surface area contributed by atoms with Crippen LogP contribution in [0.5, 0.6) is 0 Å². The number of carbonyl (C=O) groups excluding carboxylic acids is 1. The van der Waals surface area contributed by atoms with E-state index < -0.39 is 17.5 Å². The minimum Gasteiger partial charge on any atom is -0.480 e. The second-order valence-electron chi connectivity index (χ2n) is 4.96. The van der Waals surface area contributed by atoms with Gasteiger partial charge in [0.15, 0.2) is 0 Å². The summed E-state index contributed by atoms with van der Waals surface area (Å²) in [6.45, 7) is 7.68. The quantitative estimate of drug-likeness (QED) is 0.747. The number of hydrogen-bond acceptors (Lipinski definition) is 3. The van der Waals surface area contributed by atoms with Crippen molar-refractivity contribution in [3.05, 3.63) is 16.4 Å². The summed E-state index contributed by atoms with van der Waals surface area (Å²) < 4.78 is 1.70. The lowest BCUT2D eigenvalue weighted by Crippen LogP contribution is -2.54. The summed E-state index contributed by atoms with van der Waals surface area (Å²) in [5, 5.41) is 18.9. The molecular weight excluding hydrogens is 296 g/mol. The second kappa shape index (κ2) is 6.80. The van der Waals surface area contributed by atoms with Gasteiger partial charge in [0, 0.05) is 6.54 Å². The van der Waals surface area contributed by atoms with Gasteiger partial charge in [-0.25, -0.2) is 9.59 Å². The predicted molar refractivity (Wildman–Crippen MR) is 79.4 cm³/mol. The van der Waals surface area contributed by atoms with Gasteiger partial charge >= 0.3 is 12.0 Å². The zero-order valence-corrected chi connectivity index (χ0v) is 13.4. The smallest absolute Gasteiger partial charge is 0.329 e. The zero-order chi connectivity index (χ0) is 16.2. The van der Waals surface area contributed by atoms with Crippen LogP contribution >= 0.6 is 11.6 Å². The fourth-order valence-electron chi connectivity index (χ4n) is 1.79.